The first kappa shape index (κ1) is 20.8. The number of aryl methyl sites for hydroxylation is 2. The molecule has 0 bridgehead atoms. The van der Waals surface area contributed by atoms with Crippen LogP contribution in [0.3, 0.4) is 0 Å². The predicted molar refractivity (Wildman–Crippen MR) is 121 cm³/mol. The number of nitrogens with one attached hydrogen (secondary N) is 2. The van der Waals surface area contributed by atoms with Gasteiger partial charge in [-0.1, -0.05) is 41.6 Å². The minimum absolute atomic E-state index is 0.114. The maximum absolute atomic E-state index is 12.5. The summed E-state index contributed by atoms with van der Waals surface area (Å²) >= 11 is 1.40. The lowest BCUT2D eigenvalue weighted by Gasteiger charge is -2.09. The molecule has 2 aromatic heterocycles. The highest BCUT2D eigenvalue weighted by Crippen LogP contribution is 2.21. The summed E-state index contributed by atoms with van der Waals surface area (Å²) in [6, 6.07) is 13.1. The summed E-state index contributed by atoms with van der Waals surface area (Å²) < 4.78 is 1.78. The minimum Gasteiger partial charge on any atom is -0.325 e. The van der Waals surface area contributed by atoms with Gasteiger partial charge in [0.15, 0.2) is 5.16 Å². The van der Waals surface area contributed by atoms with Crippen molar-refractivity contribution in [3.8, 4) is 0 Å². The van der Waals surface area contributed by atoms with Crippen molar-refractivity contribution in [2.24, 2.45) is 7.05 Å². The highest BCUT2D eigenvalue weighted by atomic mass is 32.2. The quantitative estimate of drug-likeness (QED) is 0.452. The molecule has 2 N–H and O–H groups in total. The number of hydrogen-bond acceptors (Lipinski definition) is 6. The number of para-hydroxylation sites is 1. The van der Waals surface area contributed by atoms with Gasteiger partial charge in [0.2, 0.25) is 5.91 Å². The van der Waals surface area contributed by atoms with Gasteiger partial charge in [0.1, 0.15) is 11.6 Å². The van der Waals surface area contributed by atoms with Gasteiger partial charge in [0.05, 0.1) is 23.1 Å². The SMILES string of the molecule is Cc1ccc(NC(=O)Cc2nnc(SCc3nc4ccccc4c(=O)[nH]3)n2C)c(C)c1. The van der Waals surface area contributed by atoms with E-state index < -0.39 is 0 Å². The van der Waals surface area contributed by atoms with Crippen LogP contribution in [0.2, 0.25) is 0 Å². The number of anilines is 1. The molecule has 9 heteroatoms. The number of carbonyl (C=O) groups is 1. The maximum atomic E-state index is 12.5. The van der Waals surface area contributed by atoms with E-state index in [-0.39, 0.29) is 17.9 Å². The minimum atomic E-state index is -0.164. The molecule has 4 rings (SSSR count). The van der Waals surface area contributed by atoms with E-state index in [1.807, 2.05) is 57.3 Å². The molecule has 31 heavy (non-hydrogen) atoms. The van der Waals surface area contributed by atoms with Crippen molar-refractivity contribution >= 4 is 34.3 Å². The molecule has 0 aliphatic heterocycles. The van der Waals surface area contributed by atoms with Gasteiger partial charge in [-0.3, -0.25) is 9.59 Å². The van der Waals surface area contributed by atoms with E-state index in [1.54, 1.807) is 10.6 Å². The molecule has 0 fully saturated rings. The standard InChI is InChI=1S/C22H22N6O2S/c1-13-8-9-16(14(2)10-13)24-20(29)11-19-26-27-22(28(19)3)31-12-18-23-17-7-5-4-6-15(17)21(30)25-18/h4-10H,11-12H2,1-3H3,(H,24,29)(H,23,25,30). The van der Waals surface area contributed by atoms with E-state index in [2.05, 4.69) is 25.5 Å². The fraction of sp³-hybridized carbons (Fsp3) is 0.227. The topological polar surface area (TPSA) is 106 Å². The lowest BCUT2D eigenvalue weighted by Crippen LogP contribution is -2.17. The van der Waals surface area contributed by atoms with Crippen LogP contribution in [0.1, 0.15) is 22.8 Å². The van der Waals surface area contributed by atoms with Crippen molar-refractivity contribution in [2.45, 2.75) is 31.2 Å². The second-order valence-electron chi connectivity index (χ2n) is 7.32. The summed E-state index contributed by atoms with van der Waals surface area (Å²) in [5, 5.41) is 12.5. The molecular formula is C22H22N6O2S. The number of nitrogens with zero attached hydrogens (tertiary/aromatic N) is 4. The van der Waals surface area contributed by atoms with Crippen LogP contribution in [0.4, 0.5) is 5.69 Å². The summed E-state index contributed by atoms with van der Waals surface area (Å²) in [4.78, 5) is 32.0. The van der Waals surface area contributed by atoms with Crippen LogP contribution in [0, 0.1) is 13.8 Å². The summed E-state index contributed by atoms with van der Waals surface area (Å²) in [6.45, 7) is 3.98. The van der Waals surface area contributed by atoms with Gasteiger partial charge in [-0.05, 0) is 37.6 Å². The molecule has 2 aromatic carbocycles. The summed E-state index contributed by atoms with van der Waals surface area (Å²) in [5.74, 6) is 1.40. The smallest absolute Gasteiger partial charge is 0.258 e. The number of H-pyrrole nitrogens is 1. The monoisotopic (exact) mass is 434 g/mol. The van der Waals surface area contributed by atoms with E-state index in [1.165, 1.54) is 11.8 Å². The van der Waals surface area contributed by atoms with Crippen molar-refractivity contribution in [3.63, 3.8) is 0 Å². The lowest BCUT2D eigenvalue weighted by molar-refractivity contribution is -0.115. The zero-order valence-electron chi connectivity index (χ0n) is 17.5. The fourth-order valence-corrected chi connectivity index (χ4v) is 4.05. The second-order valence-corrected chi connectivity index (χ2v) is 8.26. The van der Waals surface area contributed by atoms with Gasteiger partial charge in [-0.25, -0.2) is 4.98 Å². The summed E-state index contributed by atoms with van der Waals surface area (Å²) in [6.07, 6.45) is 0.114. The number of benzene rings is 2. The van der Waals surface area contributed by atoms with E-state index in [9.17, 15) is 9.59 Å². The lowest BCUT2D eigenvalue weighted by atomic mass is 10.1. The molecule has 0 unspecified atom stereocenters. The summed E-state index contributed by atoms with van der Waals surface area (Å²) in [5.41, 5.74) is 3.44. The third kappa shape index (κ3) is 4.66. The number of rotatable bonds is 6. The Balaban J connectivity index is 1.42. The third-order valence-corrected chi connectivity index (χ3v) is 5.93. The van der Waals surface area contributed by atoms with Crippen LogP contribution in [0.5, 0.6) is 0 Å². The van der Waals surface area contributed by atoms with Gasteiger partial charge in [0.25, 0.3) is 5.56 Å². The normalized spacial score (nSPS) is 11.1. The van der Waals surface area contributed by atoms with Crippen LogP contribution >= 0.6 is 11.8 Å². The molecule has 4 aromatic rings. The van der Waals surface area contributed by atoms with Crippen molar-refractivity contribution < 1.29 is 4.79 Å². The first-order valence-electron chi connectivity index (χ1n) is 9.77. The Kier molecular flexibility index (Phi) is 5.85. The molecule has 0 spiro atoms. The van der Waals surface area contributed by atoms with Gasteiger partial charge >= 0.3 is 0 Å². The Hall–Kier alpha value is -3.46. The van der Waals surface area contributed by atoms with Gasteiger partial charge in [-0.2, -0.15) is 0 Å². The first-order chi connectivity index (χ1) is 14.9. The second kappa shape index (κ2) is 8.73. The molecule has 8 nitrogen and oxygen atoms in total. The van der Waals surface area contributed by atoms with Crippen molar-refractivity contribution in [1.82, 2.24) is 24.7 Å². The Labute approximate surface area is 183 Å². The molecule has 0 saturated carbocycles. The Bertz CT molecular complexity index is 1330. The molecule has 2 heterocycles. The van der Waals surface area contributed by atoms with Crippen LogP contribution in [0.15, 0.2) is 52.4 Å². The number of hydrogen-bond donors (Lipinski definition) is 2. The van der Waals surface area contributed by atoms with Gasteiger partial charge < -0.3 is 14.9 Å². The average molecular weight is 435 g/mol. The van der Waals surface area contributed by atoms with Gasteiger partial charge in [-0.15, -0.1) is 10.2 Å². The van der Waals surface area contributed by atoms with E-state index in [0.29, 0.717) is 33.5 Å². The highest BCUT2D eigenvalue weighted by Gasteiger charge is 2.15. The molecule has 0 aliphatic rings. The Morgan fingerprint density at radius 1 is 1.16 bits per heavy atom. The van der Waals surface area contributed by atoms with Crippen LogP contribution < -0.4 is 10.9 Å². The van der Waals surface area contributed by atoms with E-state index in [0.717, 1.165) is 16.8 Å². The molecular weight excluding hydrogens is 412 g/mol. The number of amides is 1. The van der Waals surface area contributed by atoms with Crippen LogP contribution in [-0.2, 0) is 24.0 Å². The number of thioether (sulfide) groups is 1. The fourth-order valence-electron chi connectivity index (χ4n) is 3.25. The third-order valence-electron chi connectivity index (χ3n) is 4.90. The predicted octanol–water partition coefficient (Wildman–Crippen LogP) is 3.14. The number of aromatic nitrogens is 5. The maximum Gasteiger partial charge on any atom is 0.258 e. The molecule has 158 valence electrons. The zero-order chi connectivity index (χ0) is 22.0. The molecule has 0 atom stereocenters. The van der Waals surface area contributed by atoms with Crippen molar-refractivity contribution in [1.29, 1.82) is 0 Å². The van der Waals surface area contributed by atoms with E-state index >= 15 is 0 Å². The molecule has 0 saturated heterocycles. The average Bonchev–Trinajstić information content (AvgIpc) is 3.08. The molecule has 0 radical (unpaired) electrons. The number of carbonyl (C=O) groups excluding carboxylic acids is 1. The number of fused-ring (bicyclic) bond motifs is 1. The Morgan fingerprint density at radius 2 is 1.97 bits per heavy atom. The van der Waals surface area contributed by atoms with Crippen LogP contribution in [0.25, 0.3) is 10.9 Å². The Morgan fingerprint density at radius 3 is 2.77 bits per heavy atom. The summed E-state index contributed by atoms with van der Waals surface area (Å²) in [7, 11) is 1.82. The van der Waals surface area contributed by atoms with Gasteiger partial charge in [0, 0.05) is 12.7 Å². The number of aromatic amines is 1. The zero-order valence-corrected chi connectivity index (χ0v) is 18.3. The van der Waals surface area contributed by atoms with Crippen LogP contribution in [-0.4, -0.2) is 30.6 Å². The highest BCUT2D eigenvalue weighted by molar-refractivity contribution is 7.98. The molecule has 1 amide bonds. The van der Waals surface area contributed by atoms with E-state index in [4.69, 9.17) is 0 Å². The first-order valence-corrected chi connectivity index (χ1v) is 10.8. The van der Waals surface area contributed by atoms with Crippen molar-refractivity contribution in [2.75, 3.05) is 5.32 Å². The van der Waals surface area contributed by atoms with Crippen molar-refractivity contribution in [3.05, 3.63) is 75.6 Å². The largest absolute Gasteiger partial charge is 0.325 e. The molecule has 0 aliphatic carbocycles.